The van der Waals surface area contributed by atoms with E-state index in [1.54, 1.807) is 11.9 Å². The Morgan fingerprint density at radius 1 is 1.07 bits per heavy atom. The van der Waals surface area contributed by atoms with Crippen LogP contribution in [0.1, 0.15) is 56.9 Å². The Bertz CT molecular complexity index is 1000. The quantitative estimate of drug-likeness (QED) is 0.242. The summed E-state index contributed by atoms with van der Waals surface area (Å²) in [6.45, 7) is 8.31. The number of pyridine rings is 1. The van der Waals surface area contributed by atoms with Crippen molar-refractivity contribution in [3.05, 3.63) is 23.9 Å². The lowest BCUT2D eigenvalue weighted by Crippen LogP contribution is -2.40. The van der Waals surface area contributed by atoms with Gasteiger partial charge in [0, 0.05) is 25.8 Å². The van der Waals surface area contributed by atoms with Crippen molar-refractivity contribution in [3.8, 4) is 0 Å². The largest absolute Gasteiger partial charge is 0.350 e. The Kier molecular flexibility index (Phi) is 23.0. The van der Waals surface area contributed by atoms with Gasteiger partial charge in [-0.2, -0.15) is 0 Å². The third-order valence-electron chi connectivity index (χ3n) is 4.96. The van der Waals surface area contributed by atoms with E-state index in [2.05, 4.69) is 33.2 Å². The van der Waals surface area contributed by atoms with E-state index in [-0.39, 0.29) is 48.1 Å². The van der Waals surface area contributed by atoms with E-state index in [4.69, 9.17) is 0 Å². The third-order valence-corrected chi connectivity index (χ3v) is 5.95. The van der Waals surface area contributed by atoms with Gasteiger partial charge in [-0.3, -0.25) is 14.4 Å². The fraction of sp³-hybridized carbons (Fsp3) is 0.615. The molecule has 228 valence electrons. The Labute approximate surface area is 238 Å². The first-order chi connectivity index (χ1) is 19.0. The van der Waals surface area contributed by atoms with Crippen LogP contribution in [-0.2, 0) is 29.0 Å². The lowest BCUT2D eigenvalue weighted by molar-refractivity contribution is -0.133. The Morgan fingerprint density at radius 3 is 2.25 bits per heavy atom. The zero-order chi connectivity index (χ0) is 31.0. The number of likely N-dealkylation sites (N-methyl/N-ethyl adjacent to an activating group) is 1. The smallest absolute Gasteiger partial charge is 0.269 e. The Hall–Kier alpha value is -3.23. The maximum atomic E-state index is 11.8. The van der Waals surface area contributed by atoms with Crippen molar-refractivity contribution in [2.45, 2.75) is 57.5 Å². The molecule has 1 fully saturated rings. The number of aromatic nitrogens is 1. The highest BCUT2D eigenvalue weighted by Crippen LogP contribution is 2.14. The van der Waals surface area contributed by atoms with E-state index in [0.29, 0.717) is 12.8 Å². The molecule has 2 rings (SSSR count). The Balaban J connectivity index is 0. The van der Waals surface area contributed by atoms with Gasteiger partial charge in [-0.05, 0) is 52.0 Å². The van der Waals surface area contributed by atoms with Crippen LogP contribution in [0.3, 0.4) is 0 Å². The van der Waals surface area contributed by atoms with E-state index in [9.17, 15) is 32.4 Å². The van der Waals surface area contributed by atoms with Crippen molar-refractivity contribution in [2.75, 3.05) is 53.1 Å². The fourth-order valence-electron chi connectivity index (χ4n) is 3.12. The molecule has 40 heavy (non-hydrogen) atoms. The minimum Gasteiger partial charge on any atom is -0.350 e. The number of nitrogens with one attached hydrogen (secondary N) is 4. The van der Waals surface area contributed by atoms with Crippen molar-refractivity contribution in [2.24, 2.45) is 0 Å². The highest BCUT2D eigenvalue weighted by Gasteiger charge is 2.27. The van der Waals surface area contributed by atoms with Crippen molar-refractivity contribution in [1.82, 2.24) is 31.2 Å². The number of sulfone groups is 1. The molecule has 1 saturated heterocycles. The molecule has 1 atom stereocenters. The summed E-state index contributed by atoms with van der Waals surface area (Å²) in [6.07, 6.45) is 5.41. The van der Waals surface area contributed by atoms with Gasteiger partial charge >= 0.3 is 0 Å². The van der Waals surface area contributed by atoms with Gasteiger partial charge in [0.1, 0.15) is 18.3 Å². The number of rotatable bonds is 12. The third kappa shape index (κ3) is 17.4. The minimum absolute atomic E-state index is 0.00530. The highest BCUT2D eigenvalue weighted by atomic mass is 32.2. The summed E-state index contributed by atoms with van der Waals surface area (Å²) in [5.74, 6) is -0.934. The number of carbonyl (C=O) groups excluding carboxylic acids is 5. The lowest BCUT2D eigenvalue weighted by Gasteiger charge is -2.19. The van der Waals surface area contributed by atoms with Gasteiger partial charge < -0.3 is 35.8 Å². The second-order valence-electron chi connectivity index (χ2n) is 8.18. The summed E-state index contributed by atoms with van der Waals surface area (Å²) in [6, 6.07) is 3.90. The van der Waals surface area contributed by atoms with Gasteiger partial charge in [0.15, 0.2) is 14.9 Å². The average Bonchev–Trinajstić information content (AvgIpc) is 3.43. The molecule has 0 bridgehead atoms. The van der Waals surface area contributed by atoms with Crippen molar-refractivity contribution < 1.29 is 32.4 Å². The molecule has 0 saturated carbocycles. The molecular formula is C26H46N6O7S. The van der Waals surface area contributed by atoms with Crippen molar-refractivity contribution in [1.29, 1.82) is 0 Å². The van der Waals surface area contributed by atoms with Crippen molar-refractivity contribution >= 4 is 40.1 Å². The predicted molar refractivity (Wildman–Crippen MR) is 154 cm³/mol. The van der Waals surface area contributed by atoms with Crippen LogP contribution in [0.2, 0.25) is 0 Å². The summed E-state index contributed by atoms with van der Waals surface area (Å²) in [4.78, 5) is 60.2. The van der Waals surface area contributed by atoms with Gasteiger partial charge in [0.05, 0.1) is 19.1 Å². The molecule has 0 radical (unpaired) electrons. The van der Waals surface area contributed by atoms with Gasteiger partial charge in [-0.25, -0.2) is 13.4 Å². The Morgan fingerprint density at radius 2 is 1.75 bits per heavy atom. The zero-order valence-corrected chi connectivity index (χ0v) is 25.3. The second kappa shape index (κ2) is 23.6. The van der Waals surface area contributed by atoms with Crippen LogP contribution < -0.4 is 21.3 Å². The summed E-state index contributed by atoms with van der Waals surface area (Å²) >= 11 is 0. The molecule has 0 aromatic carbocycles. The molecule has 1 aliphatic rings. The second-order valence-corrected chi connectivity index (χ2v) is 10.1. The van der Waals surface area contributed by atoms with E-state index in [0.717, 1.165) is 38.5 Å². The summed E-state index contributed by atoms with van der Waals surface area (Å²) < 4.78 is 22.7. The van der Waals surface area contributed by atoms with Gasteiger partial charge in [-0.15, -0.1) is 0 Å². The molecule has 3 amide bonds. The molecule has 1 aromatic rings. The van der Waals surface area contributed by atoms with Crippen LogP contribution in [0.5, 0.6) is 0 Å². The fourth-order valence-corrected chi connectivity index (χ4v) is 3.71. The lowest BCUT2D eigenvalue weighted by atomic mass is 10.2. The number of aldehydes is 2. The summed E-state index contributed by atoms with van der Waals surface area (Å²) in [7, 11) is 0.197. The standard InChI is InChI=1S/C12H15N3O5S.C8H14N2O2.C4H11N.C2H6/c1-21(19,20)11-4-2-3-9(15-11)12(18)14-6-5-10(17)13-7-8-16;1-9-5-8(12)10-4-2-3-7(10)6-11;1-3-4-5-2;1-2/h2-4,8H,5-7H2,1H3,(H,13,17)(H,14,18);6-7,9H,2-5H2,1H3;5H,3-4H2,1-2H3;1-2H3. The first kappa shape index (κ1) is 38.9. The molecule has 1 unspecified atom stereocenters. The molecule has 0 aliphatic carbocycles. The molecule has 1 aliphatic heterocycles. The number of amides is 3. The van der Waals surface area contributed by atoms with Gasteiger partial charge in [0.25, 0.3) is 5.91 Å². The highest BCUT2D eigenvalue weighted by molar-refractivity contribution is 7.90. The number of likely N-dealkylation sites (tertiary alicyclic amines) is 1. The number of hydrogen-bond acceptors (Lipinski definition) is 10. The molecule has 1 aromatic heterocycles. The maximum Gasteiger partial charge on any atom is 0.269 e. The monoisotopic (exact) mass is 586 g/mol. The minimum atomic E-state index is -3.49. The van der Waals surface area contributed by atoms with Crippen LogP contribution >= 0.6 is 0 Å². The first-order valence-electron chi connectivity index (χ1n) is 13.2. The number of carbonyl (C=O) groups is 5. The SMILES string of the molecule is CC.CCCNC.CNCC(=O)N1CCCC1C=O.CS(=O)(=O)c1cccc(C(=O)NCCC(=O)NCC=O)n1. The van der Waals surface area contributed by atoms with E-state index < -0.39 is 15.7 Å². The van der Waals surface area contributed by atoms with E-state index in [1.807, 2.05) is 20.9 Å². The van der Waals surface area contributed by atoms with Gasteiger partial charge in [0.2, 0.25) is 11.8 Å². The van der Waals surface area contributed by atoms with E-state index in [1.165, 1.54) is 24.6 Å². The maximum absolute atomic E-state index is 11.8. The normalized spacial score (nSPS) is 13.7. The van der Waals surface area contributed by atoms with E-state index >= 15 is 0 Å². The molecule has 0 spiro atoms. The molecule has 13 nitrogen and oxygen atoms in total. The van der Waals surface area contributed by atoms with Crippen LogP contribution in [-0.4, -0.2) is 108 Å². The number of nitrogens with zero attached hydrogens (tertiary/aromatic N) is 2. The summed E-state index contributed by atoms with van der Waals surface area (Å²) in [5.41, 5.74) is -0.0498. The van der Waals surface area contributed by atoms with Gasteiger partial charge in [-0.1, -0.05) is 26.8 Å². The molecule has 4 N–H and O–H groups in total. The first-order valence-corrected chi connectivity index (χ1v) is 15.1. The molecular weight excluding hydrogens is 540 g/mol. The van der Waals surface area contributed by atoms with Crippen LogP contribution in [0.15, 0.2) is 23.2 Å². The molecule has 14 heteroatoms. The zero-order valence-electron chi connectivity index (χ0n) is 24.5. The molecule has 2 heterocycles. The number of hydrogen-bond donors (Lipinski definition) is 4. The van der Waals surface area contributed by atoms with Crippen LogP contribution in [0.4, 0.5) is 0 Å². The average molecular weight is 587 g/mol. The predicted octanol–water partition coefficient (Wildman–Crippen LogP) is -0.0422. The van der Waals surface area contributed by atoms with Crippen molar-refractivity contribution in [3.63, 3.8) is 0 Å². The topological polar surface area (TPSA) is 184 Å². The van der Waals surface area contributed by atoms with Crippen LogP contribution in [0.25, 0.3) is 0 Å². The summed E-state index contributed by atoms with van der Waals surface area (Å²) in [5, 5.41) is 10.4. The van der Waals surface area contributed by atoms with Crippen LogP contribution in [0, 0.1) is 0 Å².